The van der Waals surface area contributed by atoms with Crippen molar-refractivity contribution in [3.63, 3.8) is 0 Å². The maximum Gasteiger partial charge on any atom is 0.188 e. The van der Waals surface area contributed by atoms with Crippen LogP contribution < -0.4 is 0 Å². The largest absolute Gasteiger partial charge is 0.475 e. The van der Waals surface area contributed by atoms with Crippen molar-refractivity contribution in [3.05, 3.63) is 12.3 Å². The Morgan fingerprint density at radius 2 is 1.48 bits per heavy atom. The lowest BCUT2D eigenvalue weighted by molar-refractivity contribution is -0.107. The van der Waals surface area contributed by atoms with Gasteiger partial charge in [-0.05, 0) is 31.8 Å². The van der Waals surface area contributed by atoms with Crippen molar-refractivity contribution in [1.82, 2.24) is 0 Å². The molecule has 0 fully saturated rings. The van der Waals surface area contributed by atoms with Gasteiger partial charge in [0, 0.05) is 6.42 Å². The molecule has 0 aliphatic rings. The third-order valence-corrected chi connectivity index (χ3v) is 3.43. The van der Waals surface area contributed by atoms with Gasteiger partial charge in [0.25, 0.3) is 0 Å². The number of aldehydes is 1. The van der Waals surface area contributed by atoms with Crippen molar-refractivity contribution in [1.29, 1.82) is 0 Å². The Kier molecular flexibility index (Phi) is 18.4. The summed E-state index contributed by atoms with van der Waals surface area (Å²) in [6.07, 6.45) is 18.9. The molecule has 3 nitrogen and oxygen atoms in total. The summed E-state index contributed by atoms with van der Waals surface area (Å²) < 4.78 is 10.6. The lowest BCUT2D eigenvalue weighted by Gasteiger charge is -2.04. The number of hydrogen-bond acceptors (Lipinski definition) is 3. The standard InChI is InChI=1S/C18H34O3/c1-2-3-4-5-6-7-10-13-16-20-18-21-17-14-11-8-9-12-15-19/h14-15,17H,2-13,16,18H2,1H3. The average Bonchev–Trinajstić information content (AvgIpc) is 2.50. The normalized spacial score (nSPS) is 11.1. The van der Waals surface area contributed by atoms with E-state index in [9.17, 15) is 4.79 Å². The number of carbonyl (C=O) groups excluding carboxylic acids is 1. The van der Waals surface area contributed by atoms with Gasteiger partial charge in [0.1, 0.15) is 6.29 Å². The summed E-state index contributed by atoms with van der Waals surface area (Å²) in [4.78, 5) is 10.1. The fourth-order valence-electron chi connectivity index (χ4n) is 2.11. The van der Waals surface area contributed by atoms with E-state index in [2.05, 4.69) is 6.92 Å². The lowest BCUT2D eigenvalue weighted by atomic mass is 10.1. The van der Waals surface area contributed by atoms with Crippen LogP contribution in [0.15, 0.2) is 12.3 Å². The fourth-order valence-corrected chi connectivity index (χ4v) is 2.11. The third-order valence-electron chi connectivity index (χ3n) is 3.43. The molecule has 0 aromatic rings. The van der Waals surface area contributed by atoms with Crippen molar-refractivity contribution in [3.8, 4) is 0 Å². The van der Waals surface area contributed by atoms with Crippen LogP contribution >= 0.6 is 0 Å². The van der Waals surface area contributed by atoms with E-state index in [-0.39, 0.29) is 0 Å². The monoisotopic (exact) mass is 298 g/mol. The Bertz CT molecular complexity index is 227. The van der Waals surface area contributed by atoms with E-state index in [1.807, 2.05) is 6.08 Å². The molecule has 0 unspecified atom stereocenters. The van der Waals surface area contributed by atoms with Crippen LogP contribution in [0.4, 0.5) is 0 Å². The molecule has 0 spiro atoms. The average molecular weight is 298 g/mol. The Labute approximate surface area is 131 Å². The van der Waals surface area contributed by atoms with Crippen LogP contribution in [0.5, 0.6) is 0 Å². The summed E-state index contributed by atoms with van der Waals surface area (Å²) in [5.41, 5.74) is 0. The van der Waals surface area contributed by atoms with Gasteiger partial charge in [0.05, 0.1) is 12.9 Å². The molecule has 0 rings (SSSR count). The second kappa shape index (κ2) is 19.2. The summed E-state index contributed by atoms with van der Waals surface area (Å²) in [5.74, 6) is 0. The highest BCUT2D eigenvalue weighted by Crippen LogP contribution is 2.08. The number of allylic oxidation sites excluding steroid dienone is 1. The molecule has 0 amide bonds. The molecule has 0 N–H and O–H groups in total. The van der Waals surface area contributed by atoms with Gasteiger partial charge in [-0.25, -0.2) is 0 Å². The Morgan fingerprint density at radius 1 is 0.810 bits per heavy atom. The molecule has 21 heavy (non-hydrogen) atoms. The summed E-state index contributed by atoms with van der Waals surface area (Å²) in [6, 6.07) is 0. The second-order valence-electron chi connectivity index (χ2n) is 5.49. The highest BCUT2D eigenvalue weighted by molar-refractivity contribution is 5.48. The molecule has 0 aromatic carbocycles. The van der Waals surface area contributed by atoms with E-state index in [1.165, 1.54) is 44.9 Å². The molecule has 0 saturated heterocycles. The number of hydrogen-bond donors (Lipinski definition) is 0. The first kappa shape index (κ1) is 20.2. The van der Waals surface area contributed by atoms with E-state index in [0.29, 0.717) is 13.2 Å². The number of unbranched alkanes of at least 4 members (excludes halogenated alkanes) is 10. The van der Waals surface area contributed by atoms with Crippen molar-refractivity contribution in [2.75, 3.05) is 13.4 Å². The second-order valence-corrected chi connectivity index (χ2v) is 5.49. The molecule has 0 saturated carbocycles. The molecule has 3 heteroatoms. The zero-order valence-electron chi connectivity index (χ0n) is 13.9. The fraction of sp³-hybridized carbons (Fsp3) is 0.833. The maximum absolute atomic E-state index is 10.1. The molecule has 0 radical (unpaired) electrons. The highest BCUT2D eigenvalue weighted by Gasteiger charge is 1.92. The summed E-state index contributed by atoms with van der Waals surface area (Å²) in [7, 11) is 0. The van der Waals surface area contributed by atoms with E-state index in [1.54, 1.807) is 6.26 Å². The summed E-state index contributed by atoms with van der Waals surface area (Å²) >= 11 is 0. The van der Waals surface area contributed by atoms with Gasteiger partial charge in [-0.2, -0.15) is 0 Å². The van der Waals surface area contributed by atoms with E-state index >= 15 is 0 Å². The van der Waals surface area contributed by atoms with Gasteiger partial charge in [-0.15, -0.1) is 0 Å². The topological polar surface area (TPSA) is 35.5 Å². The smallest absolute Gasteiger partial charge is 0.188 e. The van der Waals surface area contributed by atoms with Crippen molar-refractivity contribution in [2.24, 2.45) is 0 Å². The minimum Gasteiger partial charge on any atom is -0.475 e. The van der Waals surface area contributed by atoms with Gasteiger partial charge in [-0.1, -0.05) is 51.9 Å². The van der Waals surface area contributed by atoms with Crippen LogP contribution in [0.2, 0.25) is 0 Å². The summed E-state index contributed by atoms with van der Waals surface area (Å²) in [6.45, 7) is 3.39. The lowest BCUT2D eigenvalue weighted by Crippen LogP contribution is -1.98. The quantitative estimate of drug-likeness (QED) is 0.156. The Hall–Kier alpha value is -0.830. The first-order chi connectivity index (χ1) is 10.4. The Balaban J connectivity index is 3.01. The van der Waals surface area contributed by atoms with Crippen molar-refractivity contribution in [2.45, 2.75) is 84.0 Å². The minimum absolute atomic E-state index is 0.349. The van der Waals surface area contributed by atoms with Crippen LogP contribution in [0.25, 0.3) is 0 Å². The molecule has 0 aliphatic carbocycles. The van der Waals surface area contributed by atoms with E-state index < -0.39 is 0 Å². The molecule has 0 bridgehead atoms. The zero-order chi connectivity index (χ0) is 15.4. The highest BCUT2D eigenvalue weighted by atomic mass is 16.7. The predicted molar refractivity (Wildman–Crippen MR) is 88.2 cm³/mol. The molecule has 0 atom stereocenters. The van der Waals surface area contributed by atoms with Gasteiger partial charge in [0.2, 0.25) is 0 Å². The Morgan fingerprint density at radius 3 is 2.19 bits per heavy atom. The predicted octanol–water partition coefficient (Wildman–Crippen LogP) is 5.39. The van der Waals surface area contributed by atoms with Crippen LogP contribution in [0, 0.1) is 0 Å². The van der Waals surface area contributed by atoms with Crippen LogP contribution in [-0.2, 0) is 14.3 Å². The van der Waals surface area contributed by atoms with Gasteiger partial charge in [0.15, 0.2) is 6.79 Å². The van der Waals surface area contributed by atoms with Gasteiger partial charge < -0.3 is 14.3 Å². The summed E-state index contributed by atoms with van der Waals surface area (Å²) in [5, 5.41) is 0. The number of carbonyl (C=O) groups is 1. The molecule has 0 aromatic heterocycles. The van der Waals surface area contributed by atoms with Crippen LogP contribution in [0.1, 0.15) is 84.0 Å². The third kappa shape index (κ3) is 19.2. The molecule has 0 aliphatic heterocycles. The zero-order valence-corrected chi connectivity index (χ0v) is 13.9. The van der Waals surface area contributed by atoms with Crippen LogP contribution in [-0.4, -0.2) is 19.7 Å². The van der Waals surface area contributed by atoms with E-state index in [4.69, 9.17) is 9.47 Å². The minimum atomic E-state index is 0.349. The first-order valence-corrected chi connectivity index (χ1v) is 8.69. The maximum atomic E-state index is 10.1. The SMILES string of the molecule is CCCCCCCCCCOCOC=CCCCCC=O. The molecule has 124 valence electrons. The van der Waals surface area contributed by atoms with Gasteiger partial charge >= 0.3 is 0 Å². The molecular weight excluding hydrogens is 264 g/mol. The van der Waals surface area contributed by atoms with Gasteiger partial charge in [-0.3, -0.25) is 0 Å². The first-order valence-electron chi connectivity index (χ1n) is 8.69. The number of rotatable bonds is 17. The number of ether oxygens (including phenoxy) is 2. The van der Waals surface area contributed by atoms with Crippen LogP contribution in [0.3, 0.4) is 0 Å². The molecular formula is C18H34O3. The van der Waals surface area contributed by atoms with Crippen molar-refractivity contribution >= 4 is 6.29 Å². The molecule has 0 heterocycles. The van der Waals surface area contributed by atoms with E-state index in [0.717, 1.165) is 38.6 Å². The van der Waals surface area contributed by atoms with Crippen molar-refractivity contribution < 1.29 is 14.3 Å².